The van der Waals surface area contributed by atoms with Gasteiger partial charge in [-0.2, -0.15) is 4.31 Å². The first-order chi connectivity index (χ1) is 13.8. The lowest BCUT2D eigenvalue weighted by atomic mass is 10.1. The van der Waals surface area contributed by atoms with E-state index in [1.165, 1.54) is 11.2 Å². The van der Waals surface area contributed by atoms with E-state index in [-0.39, 0.29) is 23.3 Å². The van der Waals surface area contributed by atoms with Crippen LogP contribution in [0.4, 0.5) is 0 Å². The van der Waals surface area contributed by atoms with Crippen molar-refractivity contribution in [3.8, 4) is 0 Å². The molecule has 0 spiro atoms. The first-order valence-corrected chi connectivity index (χ1v) is 10.9. The molecule has 7 nitrogen and oxygen atoms in total. The maximum Gasteiger partial charge on any atom is 0.251 e. The van der Waals surface area contributed by atoms with Gasteiger partial charge in [0, 0.05) is 38.7 Å². The second kappa shape index (κ2) is 10.2. The van der Waals surface area contributed by atoms with Crippen LogP contribution in [0.5, 0.6) is 0 Å². The Morgan fingerprint density at radius 2 is 1.31 bits per heavy atom. The summed E-state index contributed by atoms with van der Waals surface area (Å²) in [5.74, 6) is -0.335. The summed E-state index contributed by atoms with van der Waals surface area (Å²) in [6.07, 6.45) is 0. The van der Waals surface area contributed by atoms with Crippen molar-refractivity contribution in [2.24, 2.45) is 0 Å². The minimum Gasteiger partial charge on any atom is -0.352 e. The van der Waals surface area contributed by atoms with Crippen molar-refractivity contribution in [2.45, 2.75) is 38.8 Å². The summed E-state index contributed by atoms with van der Waals surface area (Å²) >= 11 is 0. The summed E-state index contributed by atoms with van der Waals surface area (Å²) in [5, 5.41) is 5.52. The fourth-order valence-corrected chi connectivity index (χ4v) is 4.23. The fraction of sp³-hybridized carbons (Fsp3) is 0.333. The maximum absolute atomic E-state index is 12.5. The van der Waals surface area contributed by atoms with Gasteiger partial charge in [0.1, 0.15) is 0 Å². The molecule has 156 valence electrons. The van der Waals surface area contributed by atoms with E-state index < -0.39 is 10.0 Å². The summed E-state index contributed by atoms with van der Waals surface area (Å²) < 4.78 is 26.4. The highest BCUT2D eigenvalue weighted by molar-refractivity contribution is 7.89. The first kappa shape index (κ1) is 22.6. The van der Waals surface area contributed by atoms with E-state index in [2.05, 4.69) is 10.6 Å². The largest absolute Gasteiger partial charge is 0.352 e. The van der Waals surface area contributed by atoms with E-state index in [0.717, 1.165) is 11.1 Å². The van der Waals surface area contributed by atoms with Crippen molar-refractivity contribution in [3.63, 3.8) is 0 Å². The van der Waals surface area contributed by atoms with Crippen LogP contribution in [0, 0.1) is 0 Å². The highest BCUT2D eigenvalue weighted by Gasteiger charge is 2.21. The molecule has 29 heavy (non-hydrogen) atoms. The van der Waals surface area contributed by atoms with E-state index in [1.54, 1.807) is 62.4 Å². The smallest absolute Gasteiger partial charge is 0.251 e. The van der Waals surface area contributed by atoms with Gasteiger partial charge in [-0.3, -0.25) is 9.59 Å². The molecular formula is C21H27N3O4S. The summed E-state index contributed by atoms with van der Waals surface area (Å²) in [6.45, 7) is 6.60. The molecule has 0 heterocycles. The van der Waals surface area contributed by atoms with Gasteiger partial charge in [0.05, 0.1) is 4.90 Å². The van der Waals surface area contributed by atoms with Gasteiger partial charge in [-0.05, 0) is 35.4 Å². The lowest BCUT2D eigenvalue weighted by molar-refractivity contribution is -0.119. The van der Waals surface area contributed by atoms with Crippen LogP contribution in [0.25, 0.3) is 0 Å². The zero-order valence-electron chi connectivity index (χ0n) is 16.9. The van der Waals surface area contributed by atoms with Gasteiger partial charge < -0.3 is 10.6 Å². The van der Waals surface area contributed by atoms with Crippen LogP contribution in [0.1, 0.15) is 42.3 Å². The third-order valence-electron chi connectivity index (χ3n) is 4.48. The number of nitrogens with zero attached hydrogens (tertiary/aromatic N) is 1. The molecule has 0 saturated heterocycles. The Morgan fingerprint density at radius 1 is 0.828 bits per heavy atom. The molecular weight excluding hydrogens is 390 g/mol. The van der Waals surface area contributed by atoms with Crippen LogP contribution >= 0.6 is 0 Å². The Hall–Kier alpha value is -2.71. The average molecular weight is 418 g/mol. The molecule has 0 atom stereocenters. The van der Waals surface area contributed by atoms with Gasteiger partial charge in [-0.1, -0.05) is 38.1 Å². The van der Waals surface area contributed by atoms with Gasteiger partial charge in [-0.25, -0.2) is 8.42 Å². The van der Waals surface area contributed by atoms with E-state index in [9.17, 15) is 18.0 Å². The Balaban J connectivity index is 1.96. The second-order valence-corrected chi connectivity index (χ2v) is 8.46. The molecule has 0 radical (unpaired) electrons. The van der Waals surface area contributed by atoms with Gasteiger partial charge in [0.15, 0.2) is 0 Å². The molecule has 2 rings (SSSR count). The fourth-order valence-electron chi connectivity index (χ4n) is 2.78. The molecule has 0 aliphatic heterocycles. The predicted octanol–water partition coefficient (Wildman–Crippen LogP) is 2.28. The number of hydrogen-bond acceptors (Lipinski definition) is 4. The van der Waals surface area contributed by atoms with Crippen molar-refractivity contribution < 1.29 is 18.0 Å². The lowest BCUT2D eigenvalue weighted by Crippen LogP contribution is -2.30. The summed E-state index contributed by atoms with van der Waals surface area (Å²) in [6, 6.07) is 13.5. The molecule has 0 saturated carbocycles. The van der Waals surface area contributed by atoms with Crippen LogP contribution in [-0.4, -0.2) is 37.6 Å². The molecule has 0 aliphatic rings. The van der Waals surface area contributed by atoms with Crippen molar-refractivity contribution in [1.29, 1.82) is 0 Å². The minimum atomic E-state index is -3.49. The number of carbonyl (C=O) groups excluding carboxylic acids is 2. The zero-order chi connectivity index (χ0) is 21.4. The van der Waals surface area contributed by atoms with E-state index >= 15 is 0 Å². The van der Waals surface area contributed by atoms with Gasteiger partial charge in [0.2, 0.25) is 15.9 Å². The van der Waals surface area contributed by atoms with Crippen molar-refractivity contribution in [3.05, 3.63) is 65.2 Å². The van der Waals surface area contributed by atoms with Crippen LogP contribution in [0.3, 0.4) is 0 Å². The summed E-state index contributed by atoms with van der Waals surface area (Å²) in [5.41, 5.74) is 2.22. The third kappa shape index (κ3) is 6.13. The van der Waals surface area contributed by atoms with Crippen molar-refractivity contribution in [1.82, 2.24) is 14.9 Å². The topological polar surface area (TPSA) is 95.6 Å². The number of nitrogens with one attached hydrogen (secondary N) is 2. The van der Waals surface area contributed by atoms with Crippen LogP contribution in [0.15, 0.2) is 53.4 Å². The molecule has 2 amide bonds. The monoisotopic (exact) mass is 417 g/mol. The Labute approximate surface area is 172 Å². The van der Waals surface area contributed by atoms with Crippen LogP contribution in [-0.2, 0) is 27.9 Å². The predicted molar refractivity (Wildman–Crippen MR) is 112 cm³/mol. The number of sulfonamides is 1. The highest BCUT2D eigenvalue weighted by atomic mass is 32.2. The van der Waals surface area contributed by atoms with Crippen LogP contribution < -0.4 is 10.6 Å². The highest BCUT2D eigenvalue weighted by Crippen LogP contribution is 2.16. The van der Waals surface area contributed by atoms with E-state index in [4.69, 9.17) is 0 Å². The van der Waals surface area contributed by atoms with E-state index in [1.807, 2.05) is 0 Å². The van der Waals surface area contributed by atoms with Gasteiger partial charge >= 0.3 is 0 Å². The Bertz CT molecular complexity index is 935. The number of amides is 2. The van der Waals surface area contributed by atoms with Gasteiger partial charge in [-0.15, -0.1) is 0 Å². The average Bonchev–Trinajstić information content (AvgIpc) is 2.72. The Kier molecular flexibility index (Phi) is 7.92. The number of hydrogen-bond donors (Lipinski definition) is 2. The van der Waals surface area contributed by atoms with E-state index in [0.29, 0.717) is 25.2 Å². The molecule has 2 aromatic carbocycles. The quantitative estimate of drug-likeness (QED) is 0.654. The van der Waals surface area contributed by atoms with Crippen molar-refractivity contribution in [2.75, 3.05) is 13.1 Å². The van der Waals surface area contributed by atoms with Gasteiger partial charge in [0.25, 0.3) is 5.91 Å². The molecule has 2 N–H and O–H groups in total. The maximum atomic E-state index is 12.5. The van der Waals surface area contributed by atoms with Crippen molar-refractivity contribution >= 4 is 21.8 Å². The Morgan fingerprint density at radius 3 is 1.79 bits per heavy atom. The molecule has 0 bridgehead atoms. The SMILES string of the molecule is CCN(CC)S(=O)(=O)c1ccc(CNC(=O)c2ccc(CNC(C)=O)cc2)cc1. The molecule has 0 fully saturated rings. The molecule has 0 aliphatic carbocycles. The minimum absolute atomic E-state index is 0.109. The number of rotatable bonds is 9. The third-order valence-corrected chi connectivity index (χ3v) is 6.54. The molecule has 8 heteroatoms. The summed E-state index contributed by atoms with van der Waals surface area (Å²) in [7, 11) is -3.49. The molecule has 2 aromatic rings. The molecule has 0 unspecified atom stereocenters. The normalized spacial score (nSPS) is 11.3. The summed E-state index contributed by atoms with van der Waals surface area (Å²) in [4.78, 5) is 23.5. The second-order valence-electron chi connectivity index (χ2n) is 6.52. The number of benzene rings is 2. The zero-order valence-corrected chi connectivity index (χ0v) is 17.8. The lowest BCUT2D eigenvalue weighted by Gasteiger charge is -2.18. The first-order valence-electron chi connectivity index (χ1n) is 9.48. The molecule has 0 aromatic heterocycles. The van der Waals surface area contributed by atoms with Crippen LogP contribution in [0.2, 0.25) is 0 Å². The standard InChI is InChI=1S/C21H27N3O4S/c1-4-24(5-2)29(27,28)20-12-8-18(9-13-20)15-23-21(26)19-10-6-17(7-11-19)14-22-16(3)25/h6-13H,4-5,14-15H2,1-3H3,(H,22,25)(H,23,26). The number of carbonyl (C=O) groups is 2.